The number of aliphatic hydroxyl groups is 1. The molecule has 2 heterocycles. The maximum atomic E-state index is 14.7. The average molecular weight is 776 g/mol. The molecule has 3 N–H and O–H groups in total. The van der Waals surface area contributed by atoms with Gasteiger partial charge in [-0.3, -0.25) is 14.4 Å². The topological polar surface area (TPSA) is 126 Å². The molecular weight excluding hydrogens is 704 g/mol. The number of carbonyl (C=O) groups excluding carboxylic acids is 4. The molecule has 0 unspecified atom stereocenters. The number of nitrogens with zero attached hydrogens (tertiary/aromatic N) is 4. The van der Waals surface area contributed by atoms with Crippen LogP contribution in [0.15, 0.2) is 30.3 Å². The zero-order chi connectivity index (χ0) is 38.3. The maximum absolute atomic E-state index is 14.7. The van der Waals surface area contributed by atoms with E-state index in [0.717, 1.165) is 70.0 Å². The van der Waals surface area contributed by atoms with Gasteiger partial charge in [0.15, 0.2) is 0 Å². The third kappa shape index (κ3) is 13.1. The van der Waals surface area contributed by atoms with Crippen LogP contribution in [0.3, 0.4) is 0 Å². The maximum Gasteiger partial charge on any atom is 0.320 e. The molecule has 2 aliphatic heterocycles. The number of carbonyl (C=O) groups is 4. The fraction of sp³-hybridized carbons (Fsp3) is 0.762. The Hall–Kier alpha value is -2.89. The molecule has 4 rings (SSSR count). The number of piperazine rings is 2. The number of rotatable bonds is 18. The highest BCUT2D eigenvalue weighted by Gasteiger charge is 2.44. The number of aliphatic hydroxyl groups excluding tert-OH is 1. The van der Waals surface area contributed by atoms with E-state index in [1.165, 1.54) is 6.42 Å². The van der Waals surface area contributed by atoms with Gasteiger partial charge in [-0.1, -0.05) is 109 Å². The summed E-state index contributed by atoms with van der Waals surface area (Å²) in [6.07, 6.45) is 10.0. The molecule has 11 nitrogen and oxygen atoms in total. The first-order chi connectivity index (χ1) is 25.5. The standard InChI is InChI=1S/C42H70N6O5.ClH/c1-6-8-20-36(40(51)44-35(28-32-16-12-10-13-17-32)38(49)30-34(31(3)4)39(50)43-21-9-7-2)47-26-27-48(42(53)46-24-22-45(5)23-25-46)37(41(47)52)29-33-18-14-11-15-19-33;/h11,14-15,18-19,31-32,34-38,49H,6-10,12-13,16-17,20-30H2,1-5H3,(H,43,50)(H,44,51);1H/t34-,35+,36+,37-,38+;/m1./s1. The number of amides is 5. The molecule has 3 aliphatic rings. The molecule has 12 heteroatoms. The van der Waals surface area contributed by atoms with Crippen LogP contribution in [0.1, 0.15) is 110 Å². The first kappa shape index (κ1) is 45.5. The predicted molar refractivity (Wildman–Crippen MR) is 217 cm³/mol. The molecule has 1 aromatic carbocycles. The van der Waals surface area contributed by atoms with Crippen molar-refractivity contribution < 1.29 is 24.3 Å². The molecular formula is C42H71ClN6O5. The van der Waals surface area contributed by atoms with E-state index < -0.39 is 24.2 Å². The van der Waals surface area contributed by atoms with Crippen molar-refractivity contribution >= 4 is 36.2 Å². The van der Waals surface area contributed by atoms with Crippen LogP contribution in [0.4, 0.5) is 4.79 Å². The van der Waals surface area contributed by atoms with Crippen molar-refractivity contribution in [3.8, 4) is 0 Å². The molecule has 306 valence electrons. The fourth-order valence-corrected chi connectivity index (χ4v) is 8.38. The number of unbranched alkanes of at least 4 members (excludes halogenated alkanes) is 2. The molecule has 1 aromatic rings. The Morgan fingerprint density at radius 3 is 2.19 bits per heavy atom. The molecule has 1 aliphatic carbocycles. The van der Waals surface area contributed by atoms with Crippen LogP contribution in [0, 0.1) is 17.8 Å². The van der Waals surface area contributed by atoms with E-state index in [1.54, 1.807) is 9.80 Å². The summed E-state index contributed by atoms with van der Waals surface area (Å²) in [5.41, 5.74) is 0.965. The van der Waals surface area contributed by atoms with Gasteiger partial charge in [0, 0.05) is 58.2 Å². The Kier molecular flexibility index (Phi) is 19.6. The first-order valence-electron chi connectivity index (χ1n) is 20.9. The number of urea groups is 1. The second-order valence-electron chi connectivity index (χ2n) is 16.3. The van der Waals surface area contributed by atoms with Crippen molar-refractivity contribution in [2.45, 2.75) is 135 Å². The minimum absolute atomic E-state index is 0. The molecule has 5 amide bonds. The summed E-state index contributed by atoms with van der Waals surface area (Å²) in [6.45, 7) is 12.2. The summed E-state index contributed by atoms with van der Waals surface area (Å²) in [6, 6.07) is 7.71. The second kappa shape index (κ2) is 23.2. The molecule has 3 fully saturated rings. The SMILES string of the molecule is CCCCNC(=O)[C@H](C[C@H](O)[C@H](CC1CCCCC1)NC(=O)[C@H](CCCC)N1CCN(C(=O)N2CCN(C)CC2)[C@H](Cc2ccccc2)C1=O)C(C)C.Cl. The lowest BCUT2D eigenvalue weighted by Gasteiger charge is -2.46. The van der Waals surface area contributed by atoms with E-state index in [0.29, 0.717) is 51.4 Å². The first-order valence-corrected chi connectivity index (χ1v) is 20.9. The van der Waals surface area contributed by atoms with Gasteiger partial charge < -0.3 is 35.3 Å². The molecule has 54 heavy (non-hydrogen) atoms. The van der Waals surface area contributed by atoms with Gasteiger partial charge in [-0.05, 0) is 50.1 Å². The van der Waals surface area contributed by atoms with Crippen molar-refractivity contribution in [3.05, 3.63) is 35.9 Å². The van der Waals surface area contributed by atoms with Gasteiger partial charge in [0.1, 0.15) is 12.1 Å². The summed E-state index contributed by atoms with van der Waals surface area (Å²) in [5, 5.41) is 18.2. The molecule has 1 saturated carbocycles. The summed E-state index contributed by atoms with van der Waals surface area (Å²) < 4.78 is 0. The smallest absolute Gasteiger partial charge is 0.320 e. The fourth-order valence-electron chi connectivity index (χ4n) is 8.38. The van der Waals surface area contributed by atoms with Crippen LogP contribution in [0.2, 0.25) is 0 Å². The Labute approximate surface area is 331 Å². The molecule has 5 atom stereocenters. The number of hydrogen-bond donors (Lipinski definition) is 3. The minimum Gasteiger partial charge on any atom is -0.391 e. The summed E-state index contributed by atoms with van der Waals surface area (Å²) in [4.78, 5) is 64.0. The van der Waals surface area contributed by atoms with Crippen LogP contribution >= 0.6 is 12.4 Å². The lowest BCUT2D eigenvalue weighted by molar-refractivity contribution is -0.149. The van der Waals surface area contributed by atoms with Crippen molar-refractivity contribution in [1.82, 2.24) is 30.2 Å². The van der Waals surface area contributed by atoms with Crippen LogP contribution in [-0.4, -0.2) is 126 Å². The van der Waals surface area contributed by atoms with E-state index >= 15 is 0 Å². The van der Waals surface area contributed by atoms with Crippen LogP contribution < -0.4 is 10.6 Å². The monoisotopic (exact) mass is 775 g/mol. The zero-order valence-corrected chi connectivity index (χ0v) is 34.7. The average Bonchev–Trinajstić information content (AvgIpc) is 3.15. The number of hydrogen-bond acceptors (Lipinski definition) is 6. The van der Waals surface area contributed by atoms with Crippen LogP contribution in [0.25, 0.3) is 0 Å². The second-order valence-corrected chi connectivity index (χ2v) is 16.3. The molecule has 0 bridgehead atoms. The van der Waals surface area contributed by atoms with Gasteiger partial charge in [0.25, 0.3) is 0 Å². The number of halogens is 1. The van der Waals surface area contributed by atoms with Crippen LogP contribution in [0.5, 0.6) is 0 Å². The van der Waals surface area contributed by atoms with Gasteiger partial charge in [0.2, 0.25) is 17.7 Å². The van der Waals surface area contributed by atoms with E-state index in [-0.39, 0.29) is 61.0 Å². The Balaban J connectivity index is 0.00000784. The van der Waals surface area contributed by atoms with Crippen LogP contribution in [-0.2, 0) is 20.8 Å². The number of likely N-dealkylation sites (N-methyl/N-ethyl adjacent to an activating group) is 1. The van der Waals surface area contributed by atoms with E-state index in [2.05, 4.69) is 36.4 Å². The van der Waals surface area contributed by atoms with Gasteiger partial charge in [-0.2, -0.15) is 0 Å². The molecule has 0 radical (unpaired) electrons. The Morgan fingerprint density at radius 1 is 0.889 bits per heavy atom. The molecule has 0 aromatic heterocycles. The number of nitrogens with one attached hydrogen (secondary N) is 2. The highest BCUT2D eigenvalue weighted by atomic mass is 35.5. The van der Waals surface area contributed by atoms with E-state index in [1.807, 2.05) is 49.1 Å². The van der Waals surface area contributed by atoms with Crippen molar-refractivity contribution in [2.24, 2.45) is 17.8 Å². The van der Waals surface area contributed by atoms with E-state index in [4.69, 9.17) is 0 Å². The van der Waals surface area contributed by atoms with Crippen molar-refractivity contribution in [3.63, 3.8) is 0 Å². The lowest BCUT2D eigenvalue weighted by atomic mass is 9.81. The van der Waals surface area contributed by atoms with Gasteiger partial charge in [0.05, 0.1) is 12.1 Å². The normalized spacial score (nSPS) is 20.9. The molecule has 2 saturated heterocycles. The Morgan fingerprint density at radius 2 is 1.56 bits per heavy atom. The largest absolute Gasteiger partial charge is 0.391 e. The molecule has 0 spiro atoms. The Bertz CT molecular complexity index is 1290. The quantitative estimate of drug-likeness (QED) is 0.170. The van der Waals surface area contributed by atoms with Gasteiger partial charge in [-0.25, -0.2) is 4.79 Å². The third-order valence-electron chi connectivity index (χ3n) is 11.9. The predicted octanol–water partition coefficient (Wildman–Crippen LogP) is 5.48. The number of benzene rings is 1. The zero-order valence-electron chi connectivity index (χ0n) is 33.8. The van der Waals surface area contributed by atoms with Crippen molar-refractivity contribution in [1.29, 1.82) is 0 Å². The summed E-state index contributed by atoms with van der Waals surface area (Å²) >= 11 is 0. The van der Waals surface area contributed by atoms with Gasteiger partial charge in [-0.15, -0.1) is 12.4 Å². The third-order valence-corrected chi connectivity index (χ3v) is 11.9. The lowest BCUT2D eigenvalue weighted by Crippen LogP contribution is -2.66. The highest BCUT2D eigenvalue weighted by molar-refractivity contribution is 5.93. The summed E-state index contributed by atoms with van der Waals surface area (Å²) in [5.74, 6) is -0.470. The minimum atomic E-state index is -0.906. The summed E-state index contributed by atoms with van der Waals surface area (Å²) in [7, 11) is 2.05. The van der Waals surface area contributed by atoms with E-state index in [9.17, 15) is 24.3 Å². The highest BCUT2D eigenvalue weighted by Crippen LogP contribution is 2.30. The van der Waals surface area contributed by atoms with Crippen molar-refractivity contribution in [2.75, 3.05) is 52.9 Å². The van der Waals surface area contributed by atoms with Gasteiger partial charge >= 0.3 is 6.03 Å².